The summed E-state index contributed by atoms with van der Waals surface area (Å²) in [4.78, 5) is 38.5. The minimum absolute atomic E-state index is 0.0632. The highest BCUT2D eigenvalue weighted by Gasteiger charge is 2.41. The molecule has 1 fully saturated rings. The fourth-order valence-electron chi connectivity index (χ4n) is 3.90. The SMILES string of the molecule is O=C1c2cccc(-c3nc4cnccc4[nH]c3=O)c2C2CCCN12. The van der Waals surface area contributed by atoms with Crippen LogP contribution in [-0.4, -0.2) is 32.3 Å². The lowest BCUT2D eigenvalue weighted by atomic mass is 9.94. The van der Waals surface area contributed by atoms with Gasteiger partial charge in [-0.1, -0.05) is 12.1 Å². The molecule has 4 heterocycles. The zero-order valence-corrected chi connectivity index (χ0v) is 12.8. The Morgan fingerprint density at radius 2 is 2.04 bits per heavy atom. The quantitative estimate of drug-likeness (QED) is 0.746. The zero-order valence-electron chi connectivity index (χ0n) is 12.8. The van der Waals surface area contributed by atoms with Gasteiger partial charge < -0.3 is 9.88 Å². The van der Waals surface area contributed by atoms with E-state index in [1.54, 1.807) is 18.5 Å². The first-order valence-corrected chi connectivity index (χ1v) is 8.02. The second-order valence-corrected chi connectivity index (χ2v) is 6.23. The number of aromatic amines is 1. The van der Waals surface area contributed by atoms with E-state index in [4.69, 9.17) is 0 Å². The number of rotatable bonds is 1. The number of nitrogens with one attached hydrogen (secondary N) is 1. The topological polar surface area (TPSA) is 79.0 Å². The first-order valence-electron chi connectivity index (χ1n) is 8.02. The Hall–Kier alpha value is -3.02. The van der Waals surface area contributed by atoms with Crippen LogP contribution in [0.2, 0.25) is 0 Å². The molecular weight excluding hydrogens is 304 g/mol. The highest BCUT2D eigenvalue weighted by molar-refractivity contribution is 6.01. The van der Waals surface area contributed by atoms with Crippen molar-refractivity contribution in [3.8, 4) is 11.3 Å². The van der Waals surface area contributed by atoms with Gasteiger partial charge in [0, 0.05) is 23.9 Å². The van der Waals surface area contributed by atoms with Crippen molar-refractivity contribution >= 4 is 16.9 Å². The van der Waals surface area contributed by atoms with Crippen LogP contribution in [0, 0.1) is 0 Å². The number of nitrogens with zero attached hydrogens (tertiary/aromatic N) is 3. The highest BCUT2D eigenvalue weighted by Crippen LogP contribution is 2.44. The molecular formula is C18H14N4O2. The van der Waals surface area contributed by atoms with E-state index in [1.165, 1.54) is 0 Å². The molecule has 5 rings (SSSR count). The number of amides is 1. The van der Waals surface area contributed by atoms with E-state index in [1.807, 2.05) is 23.1 Å². The lowest BCUT2D eigenvalue weighted by molar-refractivity contribution is 0.0776. The number of aromatic nitrogens is 3. The smallest absolute Gasteiger partial charge is 0.274 e. The maximum atomic E-state index is 12.6. The molecule has 6 nitrogen and oxygen atoms in total. The van der Waals surface area contributed by atoms with E-state index >= 15 is 0 Å². The van der Waals surface area contributed by atoms with Crippen molar-refractivity contribution in [2.24, 2.45) is 0 Å². The molecule has 3 aromatic rings. The number of carbonyl (C=O) groups excluding carboxylic acids is 1. The van der Waals surface area contributed by atoms with Gasteiger partial charge in [0.25, 0.3) is 11.5 Å². The number of carbonyl (C=O) groups is 1. The number of hydrogen-bond acceptors (Lipinski definition) is 4. The van der Waals surface area contributed by atoms with Crippen LogP contribution in [0.15, 0.2) is 41.5 Å². The second-order valence-electron chi connectivity index (χ2n) is 6.23. The zero-order chi connectivity index (χ0) is 16.3. The summed E-state index contributed by atoms with van der Waals surface area (Å²) in [7, 11) is 0. The summed E-state index contributed by atoms with van der Waals surface area (Å²) < 4.78 is 0. The standard InChI is InChI=1S/C18H14N4O2/c23-17-16(20-13-9-19-7-6-12(13)21-17)10-3-1-4-11-15(10)14-5-2-8-22(14)18(11)24/h1,3-4,6-7,9,14H,2,5,8H2,(H,21,23). The van der Waals surface area contributed by atoms with Crippen molar-refractivity contribution in [2.45, 2.75) is 18.9 Å². The second kappa shape index (κ2) is 4.74. The number of benzene rings is 1. The van der Waals surface area contributed by atoms with E-state index < -0.39 is 0 Å². The molecule has 0 aliphatic carbocycles. The molecule has 1 N–H and O–H groups in total. The third kappa shape index (κ3) is 1.71. The summed E-state index contributed by atoms with van der Waals surface area (Å²) in [5.41, 5.74) is 3.80. The van der Waals surface area contributed by atoms with Gasteiger partial charge in [-0.25, -0.2) is 4.98 Å². The summed E-state index contributed by atoms with van der Waals surface area (Å²) in [5, 5.41) is 0. The van der Waals surface area contributed by atoms with Crippen LogP contribution >= 0.6 is 0 Å². The Labute approximate surface area is 137 Å². The summed E-state index contributed by atoms with van der Waals surface area (Å²) in [6.45, 7) is 0.781. The van der Waals surface area contributed by atoms with Crippen LogP contribution in [0.25, 0.3) is 22.3 Å². The minimum atomic E-state index is -0.244. The molecule has 0 saturated carbocycles. The predicted molar refractivity (Wildman–Crippen MR) is 88.6 cm³/mol. The summed E-state index contributed by atoms with van der Waals surface area (Å²) in [6.07, 6.45) is 5.18. The number of fused-ring (bicyclic) bond motifs is 4. The van der Waals surface area contributed by atoms with Gasteiger partial charge in [-0.05, 0) is 30.5 Å². The third-order valence-electron chi connectivity index (χ3n) is 4.93. The molecule has 0 radical (unpaired) electrons. The highest BCUT2D eigenvalue weighted by atomic mass is 16.2. The van der Waals surface area contributed by atoms with Crippen LogP contribution in [0.4, 0.5) is 0 Å². The summed E-state index contributed by atoms with van der Waals surface area (Å²) in [5.74, 6) is 0.0632. The monoisotopic (exact) mass is 318 g/mol. The van der Waals surface area contributed by atoms with Gasteiger partial charge in [0.1, 0.15) is 11.2 Å². The van der Waals surface area contributed by atoms with Gasteiger partial charge in [0.05, 0.1) is 17.8 Å². The van der Waals surface area contributed by atoms with Gasteiger partial charge in [0.2, 0.25) is 0 Å². The Morgan fingerprint density at radius 1 is 1.17 bits per heavy atom. The fraction of sp³-hybridized carbons (Fsp3) is 0.222. The molecule has 24 heavy (non-hydrogen) atoms. The molecule has 118 valence electrons. The van der Waals surface area contributed by atoms with Crippen molar-refractivity contribution in [2.75, 3.05) is 6.54 Å². The molecule has 0 bridgehead atoms. The summed E-state index contributed by atoms with van der Waals surface area (Å²) in [6, 6.07) is 7.34. The molecule has 2 aliphatic heterocycles. The van der Waals surface area contributed by atoms with Crippen molar-refractivity contribution < 1.29 is 4.79 Å². The Bertz CT molecular complexity index is 1060. The van der Waals surface area contributed by atoms with Gasteiger partial charge >= 0.3 is 0 Å². The molecule has 1 saturated heterocycles. The molecule has 6 heteroatoms. The van der Waals surface area contributed by atoms with Crippen molar-refractivity contribution in [1.82, 2.24) is 19.9 Å². The normalized spacial score (nSPS) is 18.9. The molecule has 1 unspecified atom stereocenters. The molecule has 1 amide bonds. The minimum Gasteiger partial charge on any atom is -0.332 e. The average Bonchev–Trinajstić information content (AvgIpc) is 3.18. The lowest BCUT2D eigenvalue weighted by Gasteiger charge is -2.16. The first-order chi connectivity index (χ1) is 11.7. The van der Waals surface area contributed by atoms with E-state index in [2.05, 4.69) is 15.0 Å². The Balaban J connectivity index is 1.79. The first kappa shape index (κ1) is 13.4. The van der Waals surface area contributed by atoms with Crippen molar-refractivity contribution in [1.29, 1.82) is 0 Å². The number of pyridine rings is 1. The van der Waals surface area contributed by atoms with Gasteiger partial charge in [-0.15, -0.1) is 0 Å². The molecule has 1 atom stereocenters. The van der Waals surface area contributed by atoms with E-state index in [9.17, 15) is 9.59 Å². The van der Waals surface area contributed by atoms with E-state index in [-0.39, 0.29) is 17.5 Å². The fourth-order valence-corrected chi connectivity index (χ4v) is 3.90. The number of hydrogen-bond donors (Lipinski definition) is 1. The Morgan fingerprint density at radius 3 is 2.96 bits per heavy atom. The average molecular weight is 318 g/mol. The van der Waals surface area contributed by atoms with Gasteiger partial charge in [-0.2, -0.15) is 0 Å². The largest absolute Gasteiger partial charge is 0.332 e. The lowest BCUT2D eigenvalue weighted by Crippen LogP contribution is -2.22. The van der Waals surface area contributed by atoms with Crippen LogP contribution < -0.4 is 5.56 Å². The van der Waals surface area contributed by atoms with E-state index in [0.29, 0.717) is 22.3 Å². The maximum absolute atomic E-state index is 12.6. The van der Waals surface area contributed by atoms with Crippen LogP contribution in [0.1, 0.15) is 34.8 Å². The van der Waals surface area contributed by atoms with Gasteiger partial charge in [-0.3, -0.25) is 14.6 Å². The molecule has 0 spiro atoms. The van der Waals surface area contributed by atoms with Crippen LogP contribution in [-0.2, 0) is 0 Å². The van der Waals surface area contributed by atoms with E-state index in [0.717, 1.165) is 30.5 Å². The summed E-state index contributed by atoms with van der Waals surface area (Å²) >= 11 is 0. The predicted octanol–water partition coefficient (Wildman–Crippen LogP) is 2.28. The molecule has 2 aliphatic rings. The van der Waals surface area contributed by atoms with Crippen LogP contribution in [0.5, 0.6) is 0 Å². The van der Waals surface area contributed by atoms with Crippen molar-refractivity contribution in [3.63, 3.8) is 0 Å². The van der Waals surface area contributed by atoms with Crippen molar-refractivity contribution in [3.05, 3.63) is 58.1 Å². The molecule has 2 aromatic heterocycles. The Kier molecular flexibility index (Phi) is 2.65. The number of H-pyrrole nitrogens is 1. The van der Waals surface area contributed by atoms with Gasteiger partial charge in [0.15, 0.2) is 0 Å². The van der Waals surface area contributed by atoms with Crippen LogP contribution in [0.3, 0.4) is 0 Å². The maximum Gasteiger partial charge on any atom is 0.274 e. The molecule has 1 aromatic carbocycles. The third-order valence-corrected chi connectivity index (χ3v) is 4.93.